The van der Waals surface area contributed by atoms with Crippen molar-refractivity contribution in [2.45, 2.75) is 57.3 Å². The molecule has 0 aromatic carbocycles. The Bertz CT molecular complexity index is 738. The van der Waals surface area contributed by atoms with Gasteiger partial charge in [-0.2, -0.15) is 13.8 Å². The molecule has 0 spiro atoms. The summed E-state index contributed by atoms with van der Waals surface area (Å²) in [6, 6.07) is 0.0298. The summed E-state index contributed by atoms with van der Waals surface area (Å²) in [7, 11) is 0. The molecule has 4 N–H and O–H groups in total. The fourth-order valence-electron chi connectivity index (χ4n) is 3.69. The molecule has 3 rings (SSSR count). The number of aliphatic hydroxyl groups is 1. The topological polar surface area (TPSA) is 121 Å². The maximum absolute atomic E-state index is 12.8. The van der Waals surface area contributed by atoms with Crippen molar-refractivity contribution in [1.29, 1.82) is 0 Å². The number of ether oxygens (including phenoxy) is 1. The number of hydrogen-bond acceptors (Lipinski definition) is 8. The van der Waals surface area contributed by atoms with Gasteiger partial charge in [-0.05, 0) is 51.0 Å². The van der Waals surface area contributed by atoms with E-state index >= 15 is 0 Å². The molecule has 172 valence electrons. The van der Waals surface area contributed by atoms with Crippen LogP contribution in [-0.4, -0.2) is 72.2 Å². The second-order valence-electron chi connectivity index (χ2n) is 7.85. The van der Waals surface area contributed by atoms with E-state index in [-0.39, 0.29) is 54.5 Å². The molecule has 1 aliphatic carbocycles. The van der Waals surface area contributed by atoms with Crippen LogP contribution in [0.25, 0.3) is 0 Å². The SMILES string of the molecule is O=C(N[C@H]1CCCNC1)c1cnc(NCCOC(F)F)nc1/N=C\C1CCC(O)CC1. The third kappa shape index (κ3) is 7.75. The van der Waals surface area contributed by atoms with Crippen LogP contribution in [0.1, 0.15) is 48.9 Å². The highest BCUT2D eigenvalue weighted by atomic mass is 19.3. The van der Waals surface area contributed by atoms with Gasteiger partial charge in [-0.3, -0.25) is 4.79 Å². The number of carbonyl (C=O) groups excluding carboxylic acids is 1. The lowest BCUT2D eigenvalue weighted by Gasteiger charge is -2.24. The van der Waals surface area contributed by atoms with Crippen LogP contribution in [0.3, 0.4) is 0 Å². The maximum Gasteiger partial charge on any atom is 0.345 e. The predicted molar refractivity (Wildman–Crippen MR) is 112 cm³/mol. The summed E-state index contributed by atoms with van der Waals surface area (Å²) in [4.78, 5) is 25.7. The van der Waals surface area contributed by atoms with Gasteiger partial charge in [0.1, 0.15) is 5.56 Å². The summed E-state index contributed by atoms with van der Waals surface area (Å²) < 4.78 is 28.4. The van der Waals surface area contributed by atoms with Gasteiger partial charge in [0, 0.05) is 31.5 Å². The maximum atomic E-state index is 12.8. The number of nitrogens with one attached hydrogen (secondary N) is 3. The van der Waals surface area contributed by atoms with Crippen LogP contribution in [0.4, 0.5) is 20.5 Å². The lowest BCUT2D eigenvalue weighted by atomic mass is 9.88. The zero-order valence-corrected chi connectivity index (χ0v) is 17.4. The molecule has 2 heterocycles. The van der Waals surface area contributed by atoms with Gasteiger partial charge >= 0.3 is 6.61 Å². The molecule has 1 amide bonds. The third-order valence-electron chi connectivity index (χ3n) is 5.42. The number of aromatic nitrogens is 2. The molecule has 9 nitrogen and oxygen atoms in total. The molecule has 0 bridgehead atoms. The largest absolute Gasteiger partial charge is 0.393 e. The molecule has 0 radical (unpaired) electrons. The molecule has 1 aliphatic heterocycles. The molecular weight excluding hydrogens is 410 g/mol. The summed E-state index contributed by atoms with van der Waals surface area (Å²) in [6.07, 6.45) is 7.88. The number of halogens is 2. The number of anilines is 1. The molecule has 2 aliphatic rings. The van der Waals surface area contributed by atoms with Crippen LogP contribution in [-0.2, 0) is 4.74 Å². The Balaban J connectivity index is 1.70. The van der Waals surface area contributed by atoms with E-state index in [0.29, 0.717) is 6.54 Å². The summed E-state index contributed by atoms with van der Waals surface area (Å²) in [5, 5.41) is 18.7. The molecule has 31 heavy (non-hydrogen) atoms. The van der Waals surface area contributed by atoms with Crippen molar-refractivity contribution < 1.29 is 23.4 Å². The highest BCUT2D eigenvalue weighted by Gasteiger charge is 2.21. The van der Waals surface area contributed by atoms with E-state index in [0.717, 1.165) is 45.1 Å². The highest BCUT2D eigenvalue weighted by Crippen LogP contribution is 2.24. The van der Waals surface area contributed by atoms with Gasteiger partial charge in [0.05, 0.1) is 12.7 Å². The van der Waals surface area contributed by atoms with Crippen molar-refractivity contribution in [2.24, 2.45) is 10.9 Å². The normalized spacial score (nSPS) is 24.5. The second-order valence-corrected chi connectivity index (χ2v) is 7.85. The first-order valence-corrected chi connectivity index (χ1v) is 10.8. The molecule has 2 fully saturated rings. The Morgan fingerprint density at radius 2 is 2.16 bits per heavy atom. The number of aliphatic hydroxyl groups excluding tert-OH is 1. The fourth-order valence-corrected chi connectivity index (χ4v) is 3.69. The number of carbonyl (C=O) groups is 1. The Hall–Kier alpha value is -2.24. The fraction of sp³-hybridized carbons (Fsp3) is 0.700. The summed E-state index contributed by atoms with van der Waals surface area (Å²) in [5.74, 6) is 0.305. The van der Waals surface area contributed by atoms with E-state index in [1.165, 1.54) is 6.20 Å². The van der Waals surface area contributed by atoms with Gasteiger partial charge < -0.3 is 25.8 Å². The zero-order chi connectivity index (χ0) is 22.1. The van der Waals surface area contributed by atoms with Crippen LogP contribution in [0.2, 0.25) is 0 Å². The van der Waals surface area contributed by atoms with Crippen molar-refractivity contribution in [3.05, 3.63) is 11.8 Å². The summed E-state index contributed by atoms with van der Waals surface area (Å²) in [6.45, 7) is -1.30. The van der Waals surface area contributed by atoms with E-state index in [4.69, 9.17) is 0 Å². The summed E-state index contributed by atoms with van der Waals surface area (Å²) in [5.41, 5.74) is 0.257. The van der Waals surface area contributed by atoms with Crippen molar-refractivity contribution in [1.82, 2.24) is 20.6 Å². The van der Waals surface area contributed by atoms with Gasteiger partial charge in [0.25, 0.3) is 5.91 Å². The van der Waals surface area contributed by atoms with Gasteiger partial charge in [-0.1, -0.05) is 0 Å². The molecule has 1 saturated carbocycles. The van der Waals surface area contributed by atoms with Crippen LogP contribution in [0.15, 0.2) is 11.2 Å². The van der Waals surface area contributed by atoms with Crippen molar-refractivity contribution >= 4 is 23.9 Å². The molecule has 0 unspecified atom stereocenters. The molecule has 11 heteroatoms. The van der Waals surface area contributed by atoms with E-state index in [9.17, 15) is 18.7 Å². The highest BCUT2D eigenvalue weighted by molar-refractivity contribution is 5.98. The van der Waals surface area contributed by atoms with E-state index in [1.54, 1.807) is 6.21 Å². The van der Waals surface area contributed by atoms with E-state index < -0.39 is 6.61 Å². The zero-order valence-electron chi connectivity index (χ0n) is 17.4. The average molecular weight is 440 g/mol. The van der Waals surface area contributed by atoms with Gasteiger partial charge in [0.15, 0.2) is 5.82 Å². The van der Waals surface area contributed by atoms with Gasteiger partial charge in [-0.25, -0.2) is 9.98 Å². The molecule has 1 saturated heterocycles. The minimum Gasteiger partial charge on any atom is -0.393 e. The monoisotopic (exact) mass is 440 g/mol. The Morgan fingerprint density at radius 1 is 1.35 bits per heavy atom. The standard InChI is InChI=1S/C20H30F2N6O3/c21-19(22)31-9-8-24-20-26-12-16(18(30)27-14-2-1-7-23-11-14)17(28-20)25-10-13-3-5-15(29)6-4-13/h10,12-15,19,23,29H,1-9,11H2,(H,27,30)(H,24,26,28)/b25-10-/t13?,14-,15?/m0/s1. The molecular formula is C20H30F2N6O3. The Morgan fingerprint density at radius 3 is 2.87 bits per heavy atom. The van der Waals surface area contributed by atoms with E-state index in [1.807, 2.05) is 0 Å². The summed E-state index contributed by atoms with van der Waals surface area (Å²) >= 11 is 0. The second kappa shape index (κ2) is 12.0. The number of amides is 1. The van der Waals surface area contributed by atoms with Crippen molar-refractivity contribution in [2.75, 3.05) is 31.6 Å². The Kier molecular flexibility index (Phi) is 9.04. The number of alkyl halides is 2. The van der Waals surface area contributed by atoms with Crippen LogP contribution in [0.5, 0.6) is 0 Å². The molecule has 1 atom stereocenters. The number of aliphatic imine (C=N–C) groups is 1. The van der Waals surface area contributed by atoms with Crippen molar-refractivity contribution in [3.8, 4) is 0 Å². The molecule has 1 aromatic heterocycles. The number of hydrogen-bond donors (Lipinski definition) is 4. The lowest BCUT2D eigenvalue weighted by Crippen LogP contribution is -2.45. The van der Waals surface area contributed by atoms with Crippen LogP contribution < -0.4 is 16.0 Å². The number of piperidine rings is 1. The van der Waals surface area contributed by atoms with Crippen molar-refractivity contribution in [3.63, 3.8) is 0 Å². The quantitative estimate of drug-likeness (QED) is 0.342. The average Bonchev–Trinajstić information content (AvgIpc) is 2.77. The number of nitrogens with zero attached hydrogens (tertiary/aromatic N) is 3. The first kappa shape index (κ1) is 23.4. The first-order chi connectivity index (χ1) is 15.0. The first-order valence-electron chi connectivity index (χ1n) is 10.8. The van der Waals surface area contributed by atoms with Crippen LogP contribution >= 0.6 is 0 Å². The minimum atomic E-state index is -2.84. The van der Waals surface area contributed by atoms with Gasteiger partial charge in [-0.15, -0.1) is 0 Å². The smallest absolute Gasteiger partial charge is 0.345 e. The minimum absolute atomic E-state index is 0.0298. The molecule has 1 aromatic rings. The Labute approximate surface area is 180 Å². The predicted octanol–water partition coefficient (Wildman–Crippen LogP) is 1.86. The lowest BCUT2D eigenvalue weighted by molar-refractivity contribution is -0.125. The third-order valence-corrected chi connectivity index (χ3v) is 5.42. The van der Waals surface area contributed by atoms with Crippen LogP contribution in [0, 0.1) is 5.92 Å². The number of rotatable bonds is 9. The van der Waals surface area contributed by atoms with Gasteiger partial charge in [0.2, 0.25) is 5.95 Å². The van der Waals surface area contributed by atoms with E-state index in [2.05, 4.69) is 35.6 Å².